The Morgan fingerprint density at radius 1 is 0.721 bits per heavy atom. The van der Waals surface area contributed by atoms with Crippen molar-refractivity contribution in [2.75, 3.05) is 47.5 Å². The Kier molecular flexibility index (Phi) is 25.9. The highest BCUT2D eigenvalue weighted by atomic mass is 31.2. The molecule has 10 heteroatoms. The van der Waals surface area contributed by atoms with Gasteiger partial charge in [0, 0.05) is 12.8 Å². The average Bonchev–Trinajstić information content (AvgIpc) is 2.93. The number of unbranched alkanes of at least 4 members (excludes halogenated alkanes) is 11. The van der Waals surface area contributed by atoms with Crippen LogP contribution in [0, 0.1) is 0 Å². The van der Waals surface area contributed by atoms with E-state index in [2.05, 4.69) is 38.2 Å². The molecule has 0 heterocycles. The molecule has 252 valence electrons. The van der Waals surface area contributed by atoms with E-state index in [-0.39, 0.29) is 32.0 Å². The summed E-state index contributed by atoms with van der Waals surface area (Å²) in [5, 5.41) is 0. The highest BCUT2D eigenvalue weighted by Crippen LogP contribution is 2.43. The van der Waals surface area contributed by atoms with E-state index in [0.29, 0.717) is 17.4 Å². The molecule has 0 aromatic carbocycles. The van der Waals surface area contributed by atoms with Gasteiger partial charge < -0.3 is 18.9 Å². The van der Waals surface area contributed by atoms with Crippen LogP contribution in [0.5, 0.6) is 0 Å². The van der Waals surface area contributed by atoms with Crippen LogP contribution in [0.25, 0.3) is 0 Å². The number of ether oxygens (including phenoxy) is 2. The van der Waals surface area contributed by atoms with Gasteiger partial charge >= 0.3 is 19.8 Å². The van der Waals surface area contributed by atoms with Crippen LogP contribution in [0.4, 0.5) is 0 Å². The largest absolute Gasteiger partial charge is 0.472 e. The maximum absolute atomic E-state index is 12.5. The zero-order valence-electron chi connectivity index (χ0n) is 27.9. The molecule has 0 aromatic heterocycles. The van der Waals surface area contributed by atoms with E-state index in [1.165, 1.54) is 12.8 Å². The van der Waals surface area contributed by atoms with Crippen LogP contribution < -0.4 is 0 Å². The second-order valence-electron chi connectivity index (χ2n) is 12.2. The molecule has 1 N–H and O–H groups in total. The molecule has 0 aromatic rings. The number of rotatable bonds is 29. The molecule has 0 aliphatic rings. The van der Waals surface area contributed by atoms with Crippen molar-refractivity contribution in [2.24, 2.45) is 0 Å². The molecular formula is C33H63NO8P+. The summed E-state index contributed by atoms with van der Waals surface area (Å²) < 4.78 is 33.8. The topological polar surface area (TPSA) is 108 Å². The minimum absolute atomic E-state index is 0.0293. The predicted molar refractivity (Wildman–Crippen MR) is 174 cm³/mol. The van der Waals surface area contributed by atoms with E-state index in [1.807, 2.05) is 21.1 Å². The summed E-state index contributed by atoms with van der Waals surface area (Å²) in [6, 6.07) is 0. The number of carbonyl (C=O) groups excluding carboxylic acids is 2. The Bertz CT molecular complexity index is 809. The zero-order chi connectivity index (χ0) is 32.2. The van der Waals surface area contributed by atoms with Crippen molar-refractivity contribution >= 4 is 19.8 Å². The molecule has 0 amide bonds. The Morgan fingerprint density at radius 3 is 1.91 bits per heavy atom. The smallest absolute Gasteiger partial charge is 0.462 e. The van der Waals surface area contributed by atoms with Crippen molar-refractivity contribution in [1.82, 2.24) is 0 Å². The number of esters is 2. The average molecular weight is 633 g/mol. The number of phosphoric acid groups is 1. The summed E-state index contributed by atoms with van der Waals surface area (Å²) in [6.07, 6.45) is 24.1. The fourth-order valence-electron chi connectivity index (χ4n) is 4.03. The monoisotopic (exact) mass is 632 g/mol. The van der Waals surface area contributed by atoms with E-state index >= 15 is 0 Å². The van der Waals surface area contributed by atoms with Crippen molar-refractivity contribution < 1.29 is 42.1 Å². The lowest BCUT2D eigenvalue weighted by Gasteiger charge is -2.24. The van der Waals surface area contributed by atoms with Gasteiger partial charge in [-0.1, -0.05) is 95.9 Å². The fraction of sp³-hybridized carbons (Fsp3) is 0.818. The van der Waals surface area contributed by atoms with Crippen LogP contribution in [0.2, 0.25) is 0 Å². The molecule has 0 aliphatic heterocycles. The minimum Gasteiger partial charge on any atom is -0.462 e. The summed E-state index contributed by atoms with van der Waals surface area (Å²) >= 11 is 0. The van der Waals surface area contributed by atoms with Gasteiger partial charge in [-0.25, -0.2) is 4.57 Å². The lowest BCUT2D eigenvalue weighted by atomic mass is 10.1. The number of hydrogen-bond donors (Lipinski definition) is 1. The number of quaternary nitrogens is 1. The van der Waals surface area contributed by atoms with E-state index in [4.69, 9.17) is 18.5 Å². The summed E-state index contributed by atoms with van der Waals surface area (Å²) in [4.78, 5) is 34.7. The Labute approximate surface area is 262 Å². The van der Waals surface area contributed by atoms with Gasteiger partial charge in [-0.3, -0.25) is 18.6 Å². The number of allylic oxidation sites excluding steroid dienone is 4. The SMILES string of the molecule is CCCC/C=C\C/C=C\CCCCCCCC(=O)OC(COC(=O)CCCCCCC)COP(=O)(O)OCC[N+](C)(C)C. The van der Waals surface area contributed by atoms with E-state index in [0.717, 1.165) is 77.0 Å². The van der Waals surface area contributed by atoms with Crippen LogP contribution in [0.15, 0.2) is 24.3 Å². The number of hydrogen-bond acceptors (Lipinski definition) is 7. The molecule has 0 saturated carbocycles. The third-order valence-corrected chi connectivity index (χ3v) is 7.72. The standard InChI is InChI=1S/C33H62NO8P/c1-6-8-10-12-13-14-15-16-17-18-19-20-22-24-26-33(36)42-31(29-39-32(35)25-23-21-11-9-7-2)30-41-43(37,38)40-28-27-34(3,4)5/h12-13,15-16,31H,6-11,14,17-30H2,1-5H3/p+1/b13-12-,16-15-. The molecule has 2 unspecified atom stereocenters. The van der Waals surface area contributed by atoms with Crippen molar-refractivity contribution in [1.29, 1.82) is 0 Å². The van der Waals surface area contributed by atoms with Crippen LogP contribution >= 0.6 is 7.82 Å². The van der Waals surface area contributed by atoms with Gasteiger partial charge in [0.1, 0.15) is 19.8 Å². The van der Waals surface area contributed by atoms with Crippen molar-refractivity contribution in [2.45, 2.75) is 129 Å². The molecule has 2 atom stereocenters. The highest BCUT2D eigenvalue weighted by molar-refractivity contribution is 7.47. The molecule has 0 bridgehead atoms. The van der Waals surface area contributed by atoms with E-state index < -0.39 is 26.5 Å². The minimum atomic E-state index is -4.35. The fourth-order valence-corrected chi connectivity index (χ4v) is 4.77. The first-order valence-corrected chi connectivity index (χ1v) is 18.1. The van der Waals surface area contributed by atoms with Gasteiger partial charge in [0.15, 0.2) is 6.10 Å². The Morgan fingerprint density at radius 2 is 1.28 bits per heavy atom. The van der Waals surface area contributed by atoms with Gasteiger partial charge in [-0.2, -0.15) is 0 Å². The summed E-state index contributed by atoms with van der Waals surface area (Å²) in [6.45, 7) is 4.23. The lowest BCUT2D eigenvalue weighted by molar-refractivity contribution is -0.870. The second-order valence-corrected chi connectivity index (χ2v) is 13.7. The maximum atomic E-state index is 12.5. The van der Waals surface area contributed by atoms with Crippen LogP contribution in [-0.2, 0) is 32.7 Å². The first-order chi connectivity index (χ1) is 20.5. The van der Waals surface area contributed by atoms with Crippen molar-refractivity contribution in [3.05, 3.63) is 24.3 Å². The van der Waals surface area contributed by atoms with E-state index in [1.54, 1.807) is 0 Å². The first-order valence-electron chi connectivity index (χ1n) is 16.6. The Hall–Kier alpha value is -1.51. The number of phosphoric ester groups is 1. The van der Waals surface area contributed by atoms with Crippen LogP contribution in [-0.4, -0.2) is 74.9 Å². The molecule has 0 aliphatic carbocycles. The van der Waals surface area contributed by atoms with Gasteiger partial charge in [-0.05, 0) is 38.5 Å². The third kappa shape index (κ3) is 30.3. The quantitative estimate of drug-likeness (QED) is 0.0290. The normalized spacial score (nSPS) is 14.3. The molecule has 0 rings (SSSR count). The molecule has 0 saturated heterocycles. The maximum Gasteiger partial charge on any atom is 0.472 e. The summed E-state index contributed by atoms with van der Waals surface area (Å²) in [5.41, 5.74) is 0. The summed E-state index contributed by atoms with van der Waals surface area (Å²) in [7, 11) is 1.46. The van der Waals surface area contributed by atoms with Crippen LogP contribution in [0.3, 0.4) is 0 Å². The van der Waals surface area contributed by atoms with Gasteiger partial charge in [0.25, 0.3) is 0 Å². The molecule has 0 spiro atoms. The molecule has 0 fully saturated rings. The predicted octanol–water partition coefficient (Wildman–Crippen LogP) is 8.07. The number of nitrogens with zero attached hydrogens (tertiary/aromatic N) is 1. The number of carbonyl (C=O) groups is 2. The lowest BCUT2D eigenvalue weighted by Crippen LogP contribution is -2.37. The number of likely N-dealkylation sites (N-methyl/N-ethyl adjacent to an activating group) is 1. The first kappa shape index (κ1) is 41.5. The Balaban J connectivity index is 4.46. The zero-order valence-corrected chi connectivity index (χ0v) is 28.8. The van der Waals surface area contributed by atoms with E-state index in [9.17, 15) is 19.0 Å². The molecular weight excluding hydrogens is 569 g/mol. The summed E-state index contributed by atoms with van der Waals surface area (Å²) in [5.74, 6) is -0.833. The van der Waals surface area contributed by atoms with Crippen molar-refractivity contribution in [3.63, 3.8) is 0 Å². The molecule has 0 radical (unpaired) electrons. The highest BCUT2D eigenvalue weighted by Gasteiger charge is 2.27. The van der Waals surface area contributed by atoms with Gasteiger partial charge in [0.05, 0.1) is 27.7 Å². The van der Waals surface area contributed by atoms with Crippen LogP contribution in [0.1, 0.15) is 123 Å². The van der Waals surface area contributed by atoms with Crippen molar-refractivity contribution in [3.8, 4) is 0 Å². The third-order valence-electron chi connectivity index (χ3n) is 6.73. The second kappa shape index (κ2) is 26.9. The molecule has 43 heavy (non-hydrogen) atoms. The molecule has 9 nitrogen and oxygen atoms in total. The van der Waals surface area contributed by atoms with Gasteiger partial charge in [-0.15, -0.1) is 0 Å². The van der Waals surface area contributed by atoms with Gasteiger partial charge in [0.2, 0.25) is 0 Å².